The summed E-state index contributed by atoms with van der Waals surface area (Å²) in [5, 5.41) is 3.32. The summed E-state index contributed by atoms with van der Waals surface area (Å²) in [5.41, 5.74) is 3.51. The molecule has 2 aromatic rings. The predicted molar refractivity (Wildman–Crippen MR) is 88.5 cm³/mol. The summed E-state index contributed by atoms with van der Waals surface area (Å²) < 4.78 is 15.0. The van der Waals surface area contributed by atoms with Gasteiger partial charge >= 0.3 is 0 Å². The van der Waals surface area contributed by atoms with E-state index >= 15 is 0 Å². The highest BCUT2D eigenvalue weighted by atomic mass is 79.9. The van der Waals surface area contributed by atoms with Gasteiger partial charge in [-0.2, -0.15) is 0 Å². The van der Waals surface area contributed by atoms with Gasteiger partial charge in [-0.25, -0.2) is 4.39 Å². The van der Waals surface area contributed by atoms with Crippen LogP contribution >= 0.6 is 31.9 Å². The Labute approximate surface area is 135 Å². The van der Waals surface area contributed by atoms with Crippen molar-refractivity contribution in [2.75, 3.05) is 7.05 Å². The molecule has 0 spiro atoms. The van der Waals surface area contributed by atoms with Gasteiger partial charge < -0.3 is 5.32 Å². The maximum atomic E-state index is 13.1. The average molecular weight is 401 g/mol. The normalized spacial score (nSPS) is 12.4. The van der Waals surface area contributed by atoms with Crippen molar-refractivity contribution in [1.29, 1.82) is 0 Å². The number of hydrogen-bond donors (Lipinski definition) is 1. The molecule has 2 rings (SSSR count). The highest BCUT2D eigenvalue weighted by Gasteiger charge is 2.13. The van der Waals surface area contributed by atoms with Crippen LogP contribution in [0.1, 0.15) is 22.7 Å². The van der Waals surface area contributed by atoms with Gasteiger partial charge in [-0.15, -0.1) is 0 Å². The molecular weight excluding hydrogens is 385 g/mol. The van der Waals surface area contributed by atoms with Gasteiger partial charge in [0.15, 0.2) is 0 Å². The summed E-state index contributed by atoms with van der Waals surface area (Å²) in [6.45, 7) is 2.07. The van der Waals surface area contributed by atoms with Crippen LogP contribution in [0.3, 0.4) is 0 Å². The SMILES string of the molecule is CNC(Cc1ccc(F)cc1Br)c1ccc(C)c(Br)c1. The lowest BCUT2D eigenvalue weighted by Crippen LogP contribution is -2.19. The molecule has 0 saturated heterocycles. The zero-order valence-electron chi connectivity index (χ0n) is 11.4. The molecule has 4 heteroatoms. The number of rotatable bonds is 4. The molecule has 20 heavy (non-hydrogen) atoms. The first-order valence-corrected chi connectivity index (χ1v) is 7.97. The molecule has 1 N–H and O–H groups in total. The van der Waals surface area contributed by atoms with Gasteiger partial charge in [0, 0.05) is 15.0 Å². The standard InChI is InChI=1S/C16H16Br2FN/c1-10-3-4-12(7-14(10)17)16(20-2)8-11-5-6-13(19)9-15(11)18/h3-7,9,16,20H,8H2,1-2H3. The van der Waals surface area contributed by atoms with Gasteiger partial charge in [0.25, 0.3) is 0 Å². The third-order valence-electron chi connectivity index (χ3n) is 3.39. The fourth-order valence-electron chi connectivity index (χ4n) is 2.12. The van der Waals surface area contributed by atoms with Gasteiger partial charge in [-0.05, 0) is 55.3 Å². The van der Waals surface area contributed by atoms with Crippen LogP contribution in [0.15, 0.2) is 45.3 Å². The summed E-state index contributed by atoms with van der Waals surface area (Å²) in [4.78, 5) is 0. The number of halogens is 3. The molecule has 0 aliphatic carbocycles. The van der Waals surface area contributed by atoms with Gasteiger partial charge in [0.05, 0.1) is 0 Å². The topological polar surface area (TPSA) is 12.0 Å². The summed E-state index contributed by atoms with van der Waals surface area (Å²) in [6, 6.07) is 11.4. The quantitative estimate of drug-likeness (QED) is 0.747. The van der Waals surface area contributed by atoms with E-state index in [1.54, 1.807) is 0 Å². The minimum atomic E-state index is -0.222. The molecule has 1 unspecified atom stereocenters. The van der Waals surface area contributed by atoms with E-state index in [2.05, 4.69) is 62.3 Å². The Hall–Kier alpha value is -0.710. The van der Waals surface area contributed by atoms with Crippen molar-refractivity contribution in [2.24, 2.45) is 0 Å². The molecule has 0 saturated carbocycles. The van der Waals surface area contributed by atoms with Crippen molar-refractivity contribution in [3.63, 3.8) is 0 Å². The average Bonchev–Trinajstić information content (AvgIpc) is 2.41. The zero-order valence-corrected chi connectivity index (χ0v) is 14.6. The second-order valence-electron chi connectivity index (χ2n) is 4.79. The van der Waals surface area contributed by atoms with E-state index in [0.29, 0.717) is 0 Å². The molecule has 0 fully saturated rings. The van der Waals surface area contributed by atoms with Gasteiger partial charge in [0.1, 0.15) is 5.82 Å². The fourth-order valence-corrected chi connectivity index (χ4v) is 3.03. The number of likely N-dealkylation sites (N-methyl/N-ethyl adjacent to an activating group) is 1. The third kappa shape index (κ3) is 3.68. The first kappa shape index (κ1) is 15.7. The van der Waals surface area contributed by atoms with Crippen molar-refractivity contribution in [3.8, 4) is 0 Å². The van der Waals surface area contributed by atoms with Crippen LogP contribution in [0.2, 0.25) is 0 Å². The Balaban J connectivity index is 2.26. The van der Waals surface area contributed by atoms with Crippen molar-refractivity contribution in [1.82, 2.24) is 5.32 Å². The Kier molecular flexibility index (Phi) is 5.35. The number of aryl methyl sites for hydroxylation is 1. The second kappa shape index (κ2) is 6.83. The van der Waals surface area contributed by atoms with Crippen LogP contribution in [0.25, 0.3) is 0 Å². The van der Waals surface area contributed by atoms with E-state index in [9.17, 15) is 4.39 Å². The molecule has 0 aliphatic heterocycles. The van der Waals surface area contributed by atoms with E-state index in [1.165, 1.54) is 23.3 Å². The van der Waals surface area contributed by atoms with E-state index in [1.807, 2.05) is 13.1 Å². The maximum Gasteiger partial charge on any atom is 0.124 e. The summed E-state index contributed by atoms with van der Waals surface area (Å²) in [5.74, 6) is -0.222. The smallest absolute Gasteiger partial charge is 0.124 e. The second-order valence-corrected chi connectivity index (χ2v) is 6.50. The Morgan fingerprint density at radius 2 is 1.85 bits per heavy atom. The van der Waals surface area contributed by atoms with Gasteiger partial charge in [-0.3, -0.25) is 0 Å². The molecule has 1 atom stereocenters. The predicted octanol–water partition coefficient (Wildman–Crippen LogP) is 5.16. The minimum Gasteiger partial charge on any atom is -0.313 e. The molecule has 106 valence electrons. The lowest BCUT2D eigenvalue weighted by molar-refractivity contribution is 0.587. The highest BCUT2D eigenvalue weighted by Crippen LogP contribution is 2.27. The van der Waals surface area contributed by atoms with E-state index in [-0.39, 0.29) is 11.9 Å². The van der Waals surface area contributed by atoms with Crippen LogP contribution in [0, 0.1) is 12.7 Å². The number of benzene rings is 2. The highest BCUT2D eigenvalue weighted by molar-refractivity contribution is 9.10. The van der Waals surface area contributed by atoms with Gasteiger partial charge in [0.2, 0.25) is 0 Å². The van der Waals surface area contributed by atoms with E-state index in [0.717, 1.165) is 20.9 Å². The number of hydrogen-bond acceptors (Lipinski definition) is 1. The third-order valence-corrected chi connectivity index (χ3v) is 4.98. The first-order chi connectivity index (χ1) is 9.51. The Bertz CT molecular complexity index is 613. The number of nitrogens with one attached hydrogen (secondary N) is 1. The lowest BCUT2D eigenvalue weighted by Gasteiger charge is -2.18. The monoisotopic (exact) mass is 399 g/mol. The zero-order chi connectivity index (χ0) is 14.7. The van der Waals surface area contributed by atoms with Crippen molar-refractivity contribution >= 4 is 31.9 Å². The largest absolute Gasteiger partial charge is 0.313 e. The maximum absolute atomic E-state index is 13.1. The summed E-state index contributed by atoms with van der Waals surface area (Å²) >= 11 is 6.99. The van der Waals surface area contributed by atoms with E-state index < -0.39 is 0 Å². The molecule has 0 bridgehead atoms. The van der Waals surface area contributed by atoms with Crippen molar-refractivity contribution < 1.29 is 4.39 Å². The van der Waals surface area contributed by atoms with Crippen LogP contribution in [-0.4, -0.2) is 7.05 Å². The Morgan fingerprint density at radius 3 is 2.45 bits per heavy atom. The first-order valence-electron chi connectivity index (χ1n) is 6.38. The molecule has 0 amide bonds. The van der Waals surface area contributed by atoms with Crippen molar-refractivity contribution in [3.05, 3.63) is 67.9 Å². The van der Waals surface area contributed by atoms with Gasteiger partial charge in [-0.1, -0.05) is 50.1 Å². The minimum absolute atomic E-state index is 0.189. The Morgan fingerprint density at radius 1 is 1.10 bits per heavy atom. The summed E-state index contributed by atoms with van der Waals surface area (Å²) in [6.07, 6.45) is 0.798. The van der Waals surface area contributed by atoms with Crippen molar-refractivity contribution in [2.45, 2.75) is 19.4 Å². The lowest BCUT2D eigenvalue weighted by atomic mass is 9.98. The molecular formula is C16H16Br2FN. The van der Waals surface area contributed by atoms with Crippen LogP contribution in [0.4, 0.5) is 4.39 Å². The molecule has 0 aliphatic rings. The molecule has 0 heterocycles. The van der Waals surface area contributed by atoms with Crippen LogP contribution in [-0.2, 0) is 6.42 Å². The van der Waals surface area contributed by atoms with E-state index in [4.69, 9.17) is 0 Å². The van der Waals surface area contributed by atoms with Crippen LogP contribution < -0.4 is 5.32 Å². The summed E-state index contributed by atoms with van der Waals surface area (Å²) in [7, 11) is 1.94. The molecule has 0 aromatic heterocycles. The fraction of sp³-hybridized carbons (Fsp3) is 0.250. The molecule has 2 aromatic carbocycles. The molecule has 0 radical (unpaired) electrons. The molecule has 1 nitrogen and oxygen atoms in total. The van der Waals surface area contributed by atoms with Crippen LogP contribution in [0.5, 0.6) is 0 Å².